The molecule has 0 spiro atoms. The number of carbonyl (C=O) groups excluding carboxylic acids is 1. The quantitative estimate of drug-likeness (QED) is 0.821. The van der Waals surface area contributed by atoms with E-state index in [0.717, 1.165) is 5.56 Å². The molecule has 1 aromatic heterocycles. The van der Waals surface area contributed by atoms with Crippen molar-refractivity contribution in [1.29, 1.82) is 0 Å². The highest BCUT2D eigenvalue weighted by atomic mass is 32.2. The third-order valence-corrected chi connectivity index (χ3v) is 5.09. The van der Waals surface area contributed by atoms with E-state index in [1.54, 1.807) is 20.9 Å². The molecule has 0 fully saturated rings. The van der Waals surface area contributed by atoms with Gasteiger partial charge in [0.05, 0.1) is 17.9 Å². The van der Waals surface area contributed by atoms with Crippen LogP contribution >= 0.6 is 0 Å². The minimum atomic E-state index is -3.77. The number of likely N-dealkylation sites (N-methyl/N-ethyl adjacent to an activating group) is 1. The molecule has 1 heterocycles. The molecule has 0 atom stereocenters. The number of sulfonamides is 1. The first-order valence-corrected chi connectivity index (χ1v) is 8.58. The van der Waals surface area contributed by atoms with Crippen molar-refractivity contribution in [3.8, 4) is 0 Å². The number of carbonyl (C=O) groups is 1. The van der Waals surface area contributed by atoms with Crippen molar-refractivity contribution in [2.45, 2.75) is 25.3 Å². The van der Waals surface area contributed by atoms with Crippen LogP contribution in [0.15, 0.2) is 35.2 Å². The number of hydrogen-bond donors (Lipinski definition) is 2. The molecule has 23 heavy (non-hydrogen) atoms. The second kappa shape index (κ2) is 6.93. The van der Waals surface area contributed by atoms with Gasteiger partial charge in [0, 0.05) is 13.6 Å². The van der Waals surface area contributed by atoms with E-state index in [2.05, 4.69) is 14.9 Å². The van der Waals surface area contributed by atoms with Gasteiger partial charge in [0.25, 0.3) is 0 Å². The summed E-state index contributed by atoms with van der Waals surface area (Å²) in [7, 11) is -2.13. The Labute approximate surface area is 135 Å². The first kappa shape index (κ1) is 17.2. The Morgan fingerprint density at radius 2 is 1.91 bits per heavy atom. The molecule has 7 nitrogen and oxygen atoms in total. The van der Waals surface area contributed by atoms with Crippen molar-refractivity contribution < 1.29 is 13.2 Å². The van der Waals surface area contributed by atoms with Gasteiger partial charge >= 0.3 is 0 Å². The van der Waals surface area contributed by atoms with E-state index < -0.39 is 10.0 Å². The average molecular weight is 336 g/mol. The van der Waals surface area contributed by atoms with Gasteiger partial charge in [-0.15, -0.1) is 0 Å². The van der Waals surface area contributed by atoms with Crippen LogP contribution < -0.4 is 4.72 Å². The molecule has 124 valence electrons. The Kier molecular flexibility index (Phi) is 5.17. The summed E-state index contributed by atoms with van der Waals surface area (Å²) in [5.74, 6) is -0.309. The van der Waals surface area contributed by atoms with Crippen LogP contribution in [0.25, 0.3) is 0 Å². The number of benzene rings is 1. The lowest BCUT2D eigenvalue weighted by atomic mass is 10.2. The SMILES string of the molecule is Cc1n[nH]c(C)c1S(=O)(=O)NCC(=O)N(C)Cc1ccccc1. The highest BCUT2D eigenvalue weighted by Crippen LogP contribution is 2.16. The van der Waals surface area contributed by atoms with Crippen LogP contribution in [-0.4, -0.2) is 43.0 Å². The summed E-state index contributed by atoms with van der Waals surface area (Å²) in [4.78, 5) is 13.7. The van der Waals surface area contributed by atoms with Crippen LogP contribution in [0.5, 0.6) is 0 Å². The summed E-state index contributed by atoms with van der Waals surface area (Å²) in [6.07, 6.45) is 0. The number of aromatic amines is 1. The summed E-state index contributed by atoms with van der Waals surface area (Å²) in [6.45, 7) is 3.35. The third-order valence-electron chi connectivity index (χ3n) is 3.43. The molecule has 0 aliphatic rings. The van der Waals surface area contributed by atoms with Gasteiger partial charge in [-0.2, -0.15) is 5.10 Å². The molecule has 2 rings (SSSR count). The monoisotopic (exact) mass is 336 g/mol. The van der Waals surface area contributed by atoms with E-state index in [9.17, 15) is 13.2 Å². The zero-order valence-electron chi connectivity index (χ0n) is 13.3. The molecule has 0 radical (unpaired) electrons. The standard InChI is InChI=1S/C15H20N4O3S/c1-11-15(12(2)18-17-11)23(21,22)16-9-14(20)19(3)10-13-7-5-4-6-8-13/h4-8,16H,9-10H2,1-3H3,(H,17,18). The summed E-state index contributed by atoms with van der Waals surface area (Å²) in [5.41, 5.74) is 1.80. The summed E-state index contributed by atoms with van der Waals surface area (Å²) in [6, 6.07) is 9.49. The van der Waals surface area contributed by atoms with Crippen LogP contribution in [0.4, 0.5) is 0 Å². The number of aryl methyl sites for hydroxylation is 2. The van der Waals surface area contributed by atoms with Crippen LogP contribution in [0.1, 0.15) is 17.0 Å². The Morgan fingerprint density at radius 3 is 2.48 bits per heavy atom. The normalized spacial score (nSPS) is 11.4. The minimum absolute atomic E-state index is 0.0935. The molecule has 0 saturated carbocycles. The first-order valence-electron chi connectivity index (χ1n) is 7.10. The zero-order valence-corrected chi connectivity index (χ0v) is 14.1. The van der Waals surface area contributed by atoms with Crippen molar-refractivity contribution in [1.82, 2.24) is 19.8 Å². The van der Waals surface area contributed by atoms with Gasteiger partial charge in [0.15, 0.2) is 0 Å². The van der Waals surface area contributed by atoms with E-state index in [1.807, 2.05) is 30.3 Å². The molecule has 0 aliphatic heterocycles. The molecular weight excluding hydrogens is 316 g/mol. The van der Waals surface area contributed by atoms with Crippen LogP contribution in [0, 0.1) is 13.8 Å². The number of aromatic nitrogens is 2. The molecule has 0 unspecified atom stereocenters. The molecule has 0 saturated heterocycles. The van der Waals surface area contributed by atoms with E-state index >= 15 is 0 Å². The Bertz CT molecular complexity index is 765. The van der Waals surface area contributed by atoms with Gasteiger partial charge in [0.1, 0.15) is 4.90 Å². The van der Waals surface area contributed by atoms with Crippen molar-refractivity contribution in [3.63, 3.8) is 0 Å². The van der Waals surface area contributed by atoms with Crippen LogP contribution in [0.3, 0.4) is 0 Å². The summed E-state index contributed by atoms with van der Waals surface area (Å²) >= 11 is 0. The number of hydrogen-bond acceptors (Lipinski definition) is 4. The Balaban J connectivity index is 1.98. The molecular formula is C15H20N4O3S. The van der Waals surface area contributed by atoms with E-state index in [4.69, 9.17) is 0 Å². The maximum Gasteiger partial charge on any atom is 0.244 e. The second-order valence-corrected chi connectivity index (χ2v) is 7.03. The molecule has 8 heteroatoms. The maximum absolute atomic E-state index is 12.3. The molecule has 1 aromatic carbocycles. The second-order valence-electron chi connectivity index (χ2n) is 5.32. The molecule has 1 amide bonds. The van der Waals surface area contributed by atoms with Gasteiger partial charge in [-0.1, -0.05) is 30.3 Å². The first-order chi connectivity index (χ1) is 10.8. The lowest BCUT2D eigenvalue weighted by molar-refractivity contribution is -0.129. The van der Waals surface area contributed by atoms with Gasteiger partial charge in [-0.3, -0.25) is 9.89 Å². The Morgan fingerprint density at radius 1 is 1.26 bits per heavy atom. The lowest BCUT2D eigenvalue weighted by Gasteiger charge is -2.17. The maximum atomic E-state index is 12.3. The van der Waals surface area contributed by atoms with Crippen molar-refractivity contribution in [3.05, 3.63) is 47.3 Å². The summed E-state index contributed by atoms with van der Waals surface area (Å²) in [5, 5.41) is 6.48. The van der Waals surface area contributed by atoms with Crippen molar-refractivity contribution in [2.75, 3.05) is 13.6 Å². The molecule has 0 bridgehead atoms. The lowest BCUT2D eigenvalue weighted by Crippen LogP contribution is -2.38. The van der Waals surface area contributed by atoms with Crippen LogP contribution in [-0.2, 0) is 21.4 Å². The average Bonchev–Trinajstić information content (AvgIpc) is 2.85. The van der Waals surface area contributed by atoms with Crippen molar-refractivity contribution >= 4 is 15.9 Å². The van der Waals surface area contributed by atoms with Gasteiger partial charge in [-0.05, 0) is 19.4 Å². The highest BCUT2D eigenvalue weighted by molar-refractivity contribution is 7.89. The minimum Gasteiger partial charge on any atom is -0.340 e. The van der Waals surface area contributed by atoms with Crippen molar-refractivity contribution in [2.24, 2.45) is 0 Å². The zero-order chi connectivity index (χ0) is 17.0. The predicted octanol–water partition coefficient (Wildman–Crippen LogP) is 0.963. The number of nitrogens with one attached hydrogen (secondary N) is 2. The Hall–Kier alpha value is -2.19. The topological polar surface area (TPSA) is 95.2 Å². The fourth-order valence-electron chi connectivity index (χ4n) is 2.25. The highest BCUT2D eigenvalue weighted by Gasteiger charge is 2.23. The smallest absolute Gasteiger partial charge is 0.244 e. The van der Waals surface area contributed by atoms with Crippen LogP contribution in [0.2, 0.25) is 0 Å². The third kappa shape index (κ3) is 4.17. The summed E-state index contributed by atoms with van der Waals surface area (Å²) < 4.78 is 26.9. The van der Waals surface area contributed by atoms with Gasteiger partial charge in [0.2, 0.25) is 15.9 Å². The molecule has 2 aromatic rings. The van der Waals surface area contributed by atoms with E-state index in [0.29, 0.717) is 17.9 Å². The molecule has 2 N–H and O–H groups in total. The number of rotatable bonds is 6. The van der Waals surface area contributed by atoms with Gasteiger partial charge < -0.3 is 4.90 Å². The van der Waals surface area contributed by atoms with E-state index in [1.165, 1.54) is 4.90 Å². The fraction of sp³-hybridized carbons (Fsp3) is 0.333. The number of H-pyrrole nitrogens is 1. The predicted molar refractivity (Wildman–Crippen MR) is 86.2 cm³/mol. The number of nitrogens with zero attached hydrogens (tertiary/aromatic N) is 2. The van der Waals surface area contributed by atoms with Gasteiger partial charge in [-0.25, -0.2) is 13.1 Å². The number of amides is 1. The fourth-order valence-corrected chi connectivity index (χ4v) is 3.59. The van der Waals surface area contributed by atoms with E-state index in [-0.39, 0.29) is 17.3 Å². The largest absolute Gasteiger partial charge is 0.340 e. The molecule has 0 aliphatic carbocycles.